The normalized spacial score (nSPS) is 13.2. The third-order valence-electron chi connectivity index (χ3n) is 2.02. The van der Waals surface area contributed by atoms with Crippen LogP contribution in [0.25, 0.3) is 0 Å². The average Bonchev–Trinajstić information content (AvgIpc) is 2.06. The third-order valence-corrected chi connectivity index (χ3v) is 2.73. The lowest BCUT2D eigenvalue weighted by atomic mass is 10.1. The van der Waals surface area contributed by atoms with Crippen molar-refractivity contribution in [3.63, 3.8) is 0 Å². The van der Waals surface area contributed by atoms with Crippen LogP contribution >= 0.6 is 23.2 Å². The van der Waals surface area contributed by atoms with Crippen molar-refractivity contribution >= 4 is 23.2 Å². The lowest BCUT2D eigenvalue weighted by Crippen LogP contribution is -1.98. The smallest absolute Gasteiger partial charge is 0.0336 e. The molecule has 1 unspecified atom stereocenters. The predicted molar refractivity (Wildman–Crippen MR) is 58.4 cm³/mol. The van der Waals surface area contributed by atoms with Gasteiger partial charge in [0.25, 0.3) is 0 Å². The molecule has 0 spiro atoms. The average molecular weight is 211 g/mol. The van der Waals surface area contributed by atoms with Gasteiger partial charge in [-0.1, -0.05) is 32.6 Å². The van der Waals surface area contributed by atoms with E-state index in [2.05, 4.69) is 6.92 Å². The van der Waals surface area contributed by atoms with E-state index in [0.717, 1.165) is 18.7 Å². The molecule has 0 aliphatic heterocycles. The number of unbranched alkanes of at least 4 members (excludes halogenated alkanes) is 3. The topological polar surface area (TPSA) is 0 Å². The first-order chi connectivity index (χ1) is 5.81. The minimum Gasteiger partial charge on any atom is -0.127 e. The molecule has 0 fully saturated rings. The molecule has 0 nitrogen and oxygen atoms in total. The molecule has 0 saturated carbocycles. The van der Waals surface area contributed by atoms with Gasteiger partial charge in [-0.3, -0.25) is 0 Å². The van der Waals surface area contributed by atoms with Crippen molar-refractivity contribution in [2.45, 2.75) is 57.2 Å². The summed E-state index contributed by atoms with van der Waals surface area (Å²) in [5.41, 5.74) is 0. The van der Waals surface area contributed by atoms with Crippen LogP contribution in [0.4, 0.5) is 0 Å². The van der Waals surface area contributed by atoms with E-state index in [9.17, 15) is 0 Å². The maximum atomic E-state index is 6.11. The largest absolute Gasteiger partial charge is 0.127 e. The Labute approximate surface area is 86.6 Å². The van der Waals surface area contributed by atoms with Gasteiger partial charge in [-0.15, -0.1) is 23.2 Å². The van der Waals surface area contributed by atoms with E-state index in [4.69, 9.17) is 23.2 Å². The van der Waals surface area contributed by atoms with Gasteiger partial charge in [-0.2, -0.15) is 0 Å². The standard InChI is InChI=1S/C10H20Cl2/c1-2-3-4-7-10(12)8-5-6-9-11/h10H,2-9H2,1H3. The Hall–Kier alpha value is 0.580. The van der Waals surface area contributed by atoms with Gasteiger partial charge in [0.15, 0.2) is 0 Å². The lowest BCUT2D eigenvalue weighted by molar-refractivity contribution is 0.592. The van der Waals surface area contributed by atoms with E-state index in [0.29, 0.717) is 5.38 Å². The molecule has 0 heterocycles. The van der Waals surface area contributed by atoms with Gasteiger partial charge in [0.1, 0.15) is 0 Å². The van der Waals surface area contributed by atoms with E-state index in [1.165, 1.54) is 32.1 Å². The summed E-state index contributed by atoms with van der Waals surface area (Å²) in [5.74, 6) is 0.776. The van der Waals surface area contributed by atoms with Crippen molar-refractivity contribution in [1.29, 1.82) is 0 Å². The number of halogens is 2. The van der Waals surface area contributed by atoms with E-state index >= 15 is 0 Å². The molecule has 0 aliphatic carbocycles. The highest BCUT2D eigenvalue weighted by Crippen LogP contribution is 2.15. The van der Waals surface area contributed by atoms with E-state index in [1.807, 2.05) is 0 Å². The van der Waals surface area contributed by atoms with Crippen LogP contribution < -0.4 is 0 Å². The fourth-order valence-corrected chi connectivity index (χ4v) is 1.72. The molecule has 0 aromatic carbocycles. The highest BCUT2D eigenvalue weighted by Gasteiger charge is 2.02. The van der Waals surface area contributed by atoms with Crippen LogP contribution in [-0.4, -0.2) is 11.3 Å². The highest BCUT2D eigenvalue weighted by atomic mass is 35.5. The van der Waals surface area contributed by atoms with Gasteiger partial charge in [0.2, 0.25) is 0 Å². The third kappa shape index (κ3) is 8.67. The second kappa shape index (κ2) is 9.67. The fraction of sp³-hybridized carbons (Fsp3) is 1.00. The molecular weight excluding hydrogens is 191 g/mol. The van der Waals surface area contributed by atoms with Gasteiger partial charge in [-0.05, 0) is 19.3 Å². The Bertz CT molecular complexity index is 73.9. The first kappa shape index (κ1) is 12.6. The monoisotopic (exact) mass is 210 g/mol. The summed E-state index contributed by atoms with van der Waals surface area (Å²) < 4.78 is 0. The molecule has 1 atom stereocenters. The molecule has 0 aromatic heterocycles. The highest BCUT2D eigenvalue weighted by molar-refractivity contribution is 6.20. The van der Waals surface area contributed by atoms with Crippen LogP contribution in [0.15, 0.2) is 0 Å². The van der Waals surface area contributed by atoms with Crippen molar-refractivity contribution in [2.75, 3.05) is 5.88 Å². The molecule has 12 heavy (non-hydrogen) atoms. The van der Waals surface area contributed by atoms with E-state index < -0.39 is 0 Å². The van der Waals surface area contributed by atoms with Gasteiger partial charge in [0.05, 0.1) is 0 Å². The van der Waals surface area contributed by atoms with Crippen LogP contribution in [-0.2, 0) is 0 Å². The Morgan fingerprint density at radius 1 is 1.00 bits per heavy atom. The molecule has 0 amide bonds. The van der Waals surface area contributed by atoms with Crippen molar-refractivity contribution in [3.8, 4) is 0 Å². The van der Waals surface area contributed by atoms with Crippen LogP contribution in [0.5, 0.6) is 0 Å². The summed E-state index contributed by atoms with van der Waals surface area (Å²) in [6.07, 6.45) is 8.49. The predicted octanol–water partition coefficient (Wildman–Crippen LogP) is 4.58. The second-order valence-corrected chi connectivity index (χ2v) is 4.27. The molecule has 74 valence electrons. The minimum absolute atomic E-state index is 0.389. The summed E-state index contributed by atoms with van der Waals surface area (Å²) >= 11 is 11.7. The second-order valence-electron chi connectivity index (χ2n) is 3.28. The van der Waals surface area contributed by atoms with E-state index in [-0.39, 0.29) is 0 Å². The molecule has 0 aliphatic rings. The Morgan fingerprint density at radius 2 is 1.58 bits per heavy atom. The van der Waals surface area contributed by atoms with Crippen molar-refractivity contribution in [2.24, 2.45) is 0 Å². The summed E-state index contributed by atoms with van der Waals surface area (Å²) in [4.78, 5) is 0. The zero-order valence-corrected chi connectivity index (χ0v) is 9.50. The van der Waals surface area contributed by atoms with Crippen molar-refractivity contribution < 1.29 is 0 Å². The summed E-state index contributed by atoms with van der Waals surface area (Å²) in [6, 6.07) is 0. The molecule has 0 bridgehead atoms. The maximum absolute atomic E-state index is 6.11. The number of rotatable bonds is 8. The Kier molecular flexibility index (Phi) is 10.1. The van der Waals surface area contributed by atoms with Gasteiger partial charge in [0, 0.05) is 11.3 Å². The fourth-order valence-electron chi connectivity index (χ4n) is 1.22. The maximum Gasteiger partial charge on any atom is 0.0336 e. The molecule has 0 saturated heterocycles. The van der Waals surface area contributed by atoms with Gasteiger partial charge >= 0.3 is 0 Å². The lowest BCUT2D eigenvalue weighted by Gasteiger charge is -2.07. The summed E-state index contributed by atoms with van der Waals surface area (Å²) in [5, 5.41) is 0.389. The summed E-state index contributed by atoms with van der Waals surface area (Å²) in [6.45, 7) is 2.22. The minimum atomic E-state index is 0.389. The molecule has 0 radical (unpaired) electrons. The van der Waals surface area contributed by atoms with Crippen LogP contribution in [0.3, 0.4) is 0 Å². The van der Waals surface area contributed by atoms with E-state index in [1.54, 1.807) is 0 Å². The molecule has 0 N–H and O–H groups in total. The summed E-state index contributed by atoms with van der Waals surface area (Å²) in [7, 11) is 0. The van der Waals surface area contributed by atoms with Gasteiger partial charge < -0.3 is 0 Å². The first-order valence-corrected chi connectivity index (χ1v) is 5.98. The van der Waals surface area contributed by atoms with Crippen molar-refractivity contribution in [1.82, 2.24) is 0 Å². The molecule has 0 aromatic rings. The Balaban J connectivity index is 3.04. The van der Waals surface area contributed by atoms with Crippen LogP contribution in [0.2, 0.25) is 0 Å². The number of alkyl halides is 2. The molecule has 2 heteroatoms. The van der Waals surface area contributed by atoms with Gasteiger partial charge in [-0.25, -0.2) is 0 Å². The first-order valence-electron chi connectivity index (χ1n) is 5.01. The zero-order chi connectivity index (χ0) is 9.23. The zero-order valence-electron chi connectivity index (χ0n) is 7.99. The number of hydrogen-bond donors (Lipinski definition) is 0. The van der Waals surface area contributed by atoms with Crippen LogP contribution in [0.1, 0.15) is 51.9 Å². The van der Waals surface area contributed by atoms with Crippen LogP contribution in [0, 0.1) is 0 Å². The van der Waals surface area contributed by atoms with Crippen molar-refractivity contribution in [3.05, 3.63) is 0 Å². The quantitative estimate of drug-likeness (QED) is 0.407. The molecule has 0 rings (SSSR count). The SMILES string of the molecule is CCCCCC(Cl)CCCCCl. The number of hydrogen-bond acceptors (Lipinski definition) is 0. The Morgan fingerprint density at radius 3 is 2.08 bits per heavy atom. The molecular formula is C10H20Cl2.